The van der Waals surface area contributed by atoms with E-state index >= 15 is 0 Å². The largest absolute Gasteiger partial charge is 0.306 e. The maximum Gasteiger partial charge on any atom is 0.107 e. The molecule has 0 radical (unpaired) electrons. The van der Waals surface area contributed by atoms with Crippen LogP contribution in [0, 0.1) is 5.92 Å². The molecule has 1 N–H and O–H groups in total. The highest BCUT2D eigenvalue weighted by molar-refractivity contribution is 7.09. The molecule has 0 saturated heterocycles. The Morgan fingerprint density at radius 2 is 2.06 bits per heavy atom. The van der Waals surface area contributed by atoms with Crippen LogP contribution in [0.1, 0.15) is 45.3 Å². The Labute approximate surface area is 116 Å². The van der Waals surface area contributed by atoms with Gasteiger partial charge in [0.05, 0.1) is 5.69 Å². The molecule has 4 heteroatoms. The van der Waals surface area contributed by atoms with Gasteiger partial charge in [0.2, 0.25) is 0 Å². The average Bonchev–Trinajstić information content (AvgIpc) is 2.60. The minimum Gasteiger partial charge on any atom is -0.306 e. The number of hydrogen-bond acceptors (Lipinski definition) is 4. The van der Waals surface area contributed by atoms with Crippen LogP contribution in [0.15, 0.2) is 5.38 Å². The third kappa shape index (κ3) is 6.47. The predicted molar refractivity (Wildman–Crippen MR) is 79.9 cm³/mol. The first-order valence-corrected chi connectivity index (χ1v) is 7.51. The smallest absolute Gasteiger partial charge is 0.107 e. The fourth-order valence-electron chi connectivity index (χ4n) is 1.81. The molecule has 0 atom stereocenters. The first-order chi connectivity index (χ1) is 8.26. The quantitative estimate of drug-likeness (QED) is 0.860. The van der Waals surface area contributed by atoms with Crippen LogP contribution in [-0.4, -0.2) is 29.0 Å². The van der Waals surface area contributed by atoms with Crippen LogP contribution >= 0.6 is 11.3 Å². The van der Waals surface area contributed by atoms with Crippen molar-refractivity contribution in [2.45, 2.75) is 53.2 Å². The van der Waals surface area contributed by atoms with Gasteiger partial charge in [-0.25, -0.2) is 4.98 Å². The molecular formula is C14H27N3S. The van der Waals surface area contributed by atoms with Crippen molar-refractivity contribution in [2.24, 2.45) is 5.92 Å². The molecule has 0 aliphatic rings. The molecule has 3 nitrogen and oxygen atoms in total. The van der Waals surface area contributed by atoms with Gasteiger partial charge in [-0.2, -0.15) is 0 Å². The zero-order chi connectivity index (χ0) is 13.8. The van der Waals surface area contributed by atoms with Crippen LogP contribution in [0.4, 0.5) is 0 Å². The van der Waals surface area contributed by atoms with Gasteiger partial charge < -0.3 is 10.2 Å². The lowest BCUT2D eigenvalue weighted by molar-refractivity contribution is 0.285. The molecule has 0 bridgehead atoms. The summed E-state index contributed by atoms with van der Waals surface area (Å²) in [4.78, 5) is 7.01. The number of aromatic nitrogens is 1. The van der Waals surface area contributed by atoms with Crippen molar-refractivity contribution >= 4 is 11.3 Å². The molecule has 0 unspecified atom stereocenters. The summed E-state index contributed by atoms with van der Waals surface area (Å²) in [6.45, 7) is 14.0. The number of thiazole rings is 1. The number of nitrogens with zero attached hydrogens (tertiary/aromatic N) is 2. The molecule has 0 saturated carbocycles. The summed E-state index contributed by atoms with van der Waals surface area (Å²) in [5.41, 5.74) is 1.34. The van der Waals surface area contributed by atoms with Gasteiger partial charge in [-0.3, -0.25) is 0 Å². The zero-order valence-electron chi connectivity index (χ0n) is 12.6. The normalized spacial score (nSPS) is 12.7. The van der Waals surface area contributed by atoms with Gasteiger partial charge in [0, 0.05) is 30.6 Å². The third-order valence-electron chi connectivity index (χ3n) is 2.48. The highest BCUT2D eigenvalue weighted by Gasteiger charge is 2.11. The highest BCUT2D eigenvalue weighted by atomic mass is 32.1. The number of hydrogen-bond donors (Lipinski definition) is 1. The van der Waals surface area contributed by atoms with Gasteiger partial charge in [0.25, 0.3) is 0 Å². The van der Waals surface area contributed by atoms with Crippen LogP contribution in [0.5, 0.6) is 0 Å². The monoisotopic (exact) mass is 269 g/mol. The van der Waals surface area contributed by atoms with E-state index in [4.69, 9.17) is 0 Å². The van der Waals surface area contributed by atoms with Crippen LogP contribution < -0.4 is 5.32 Å². The van der Waals surface area contributed by atoms with E-state index in [1.807, 2.05) is 0 Å². The molecule has 1 aromatic rings. The van der Waals surface area contributed by atoms with Crippen LogP contribution in [0.2, 0.25) is 0 Å². The summed E-state index contributed by atoms with van der Waals surface area (Å²) in [5.74, 6) is 0.704. The first kappa shape index (κ1) is 15.6. The Balaban J connectivity index is 2.43. The van der Waals surface area contributed by atoms with Crippen molar-refractivity contribution in [1.29, 1.82) is 0 Å². The third-order valence-corrected chi connectivity index (χ3v) is 3.38. The molecule has 0 aromatic carbocycles. The minimum atomic E-state index is 0.153. The predicted octanol–water partition coefficient (Wildman–Crippen LogP) is 3.12. The van der Waals surface area contributed by atoms with Gasteiger partial charge in [0.1, 0.15) is 5.01 Å². The van der Waals surface area contributed by atoms with Gasteiger partial charge in [-0.15, -0.1) is 11.3 Å². The number of rotatable bonds is 6. The molecule has 18 heavy (non-hydrogen) atoms. The molecule has 0 spiro atoms. The molecule has 1 heterocycles. The SMILES string of the molecule is CC(C)CN(C)Cc1csc(CNC(C)(C)C)n1. The fraction of sp³-hybridized carbons (Fsp3) is 0.786. The summed E-state index contributed by atoms with van der Waals surface area (Å²) >= 11 is 1.75. The van der Waals surface area contributed by atoms with Crippen molar-refractivity contribution in [1.82, 2.24) is 15.2 Å². The summed E-state index contributed by atoms with van der Waals surface area (Å²) in [6, 6.07) is 0. The zero-order valence-corrected chi connectivity index (χ0v) is 13.4. The lowest BCUT2D eigenvalue weighted by atomic mass is 10.1. The second kappa shape index (κ2) is 6.64. The lowest BCUT2D eigenvalue weighted by Crippen LogP contribution is -2.35. The Kier molecular flexibility index (Phi) is 5.76. The first-order valence-electron chi connectivity index (χ1n) is 6.63. The molecular weight excluding hydrogens is 242 g/mol. The molecule has 0 amide bonds. The Morgan fingerprint density at radius 1 is 1.39 bits per heavy atom. The summed E-state index contributed by atoms with van der Waals surface area (Å²) in [5, 5.41) is 6.83. The van der Waals surface area contributed by atoms with E-state index in [1.165, 1.54) is 10.7 Å². The van der Waals surface area contributed by atoms with Crippen LogP contribution in [-0.2, 0) is 13.1 Å². The van der Waals surface area contributed by atoms with E-state index in [9.17, 15) is 0 Å². The van der Waals surface area contributed by atoms with Gasteiger partial charge in [-0.1, -0.05) is 13.8 Å². The van der Waals surface area contributed by atoms with Crippen molar-refractivity contribution in [3.63, 3.8) is 0 Å². The average molecular weight is 269 g/mol. The Hall–Kier alpha value is -0.450. The van der Waals surface area contributed by atoms with Crippen molar-refractivity contribution in [3.05, 3.63) is 16.1 Å². The minimum absolute atomic E-state index is 0.153. The molecule has 1 aromatic heterocycles. The number of nitrogens with one attached hydrogen (secondary N) is 1. The maximum absolute atomic E-state index is 4.67. The fourth-order valence-corrected chi connectivity index (χ4v) is 2.53. The van der Waals surface area contributed by atoms with E-state index in [0.29, 0.717) is 5.92 Å². The van der Waals surface area contributed by atoms with Gasteiger partial charge in [-0.05, 0) is 33.7 Å². The maximum atomic E-state index is 4.67. The topological polar surface area (TPSA) is 28.2 Å². The molecule has 104 valence electrons. The standard InChI is InChI=1S/C14H27N3S/c1-11(2)8-17(6)9-12-10-18-13(16-12)7-15-14(3,4)5/h10-11,15H,7-9H2,1-6H3. The Morgan fingerprint density at radius 3 is 2.61 bits per heavy atom. The second-order valence-corrected chi connectivity index (χ2v) is 7.37. The van der Waals surface area contributed by atoms with Crippen LogP contribution in [0.3, 0.4) is 0 Å². The van der Waals surface area contributed by atoms with Crippen molar-refractivity contribution in [2.75, 3.05) is 13.6 Å². The van der Waals surface area contributed by atoms with Crippen LogP contribution in [0.25, 0.3) is 0 Å². The lowest BCUT2D eigenvalue weighted by Gasteiger charge is -2.19. The summed E-state index contributed by atoms with van der Waals surface area (Å²) in [6.07, 6.45) is 0. The van der Waals surface area contributed by atoms with E-state index in [0.717, 1.165) is 19.6 Å². The highest BCUT2D eigenvalue weighted by Crippen LogP contribution is 2.13. The van der Waals surface area contributed by atoms with Gasteiger partial charge >= 0.3 is 0 Å². The Bertz CT molecular complexity index is 352. The van der Waals surface area contributed by atoms with E-state index in [-0.39, 0.29) is 5.54 Å². The van der Waals surface area contributed by atoms with Crippen molar-refractivity contribution in [3.8, 4) is 0 Å². The molecule has 0 fully saturated rings. The summed E-state index contributed by atoms with van der Waals surface area (Å²) in [7, 11) is 2.16. The van der Waals surface area contributed by atoms with Crippen molar-refractivity contribution < 1.29 is 0 Å². The van der Waals surface area contributed by atoms with E-state index < -0.39 is 0 Å². The molecule has 0 aliphatic heterocycles. The second-order valence-electron chi connectivity index (χ2n) is 6.43. The van der Waals surface area contributed by atoms with E-state index in [2.05, 4.69) is 62.2 Å². The summed E-state index contributed by atoms with van der Waals surface area (Å²) < 4.78 is 0. The molecule has 0 aliphatic carbocycles. The molecule has 1 rings (SSSR count). The van der Waals surface area contributed by atoms with E-state index in [1.54, 1.807) is 11.3 Å². The van der Waals surface area contributed by atoms with Gasteiger partial charge in [0.15, 0.2) is 0 Å².